The van der Waals surface area contributed by atoms with Gasteiger partial charge in [-0.15, -0.1) is 0 Å². The molecular formula is C26H25NO2. The maximum absolute atomic E-state index is 13.2. The summed E-state index contributed by atoms with van der Waals surface area (Å²) < 4.78 is 0. The Morgan fingerprint density at radius 1 is 0.897 bits per heavy atom. The van der Waals surface area contributed by atoms with Crippen LogP contribution in [0.3, 0.4) is 0 Å². The first-order chi connectivity index (χ1) is 14.1. The van der Waals surface area contributed by atoms with Crippen LogP contribution in [0.5, 0.6) is 0 Å². The van der Waals surface area contributed by atoms with E-state index < -0.39 is 0 Å². The molecule has 0 heterocycles. The molecule has 1 amide bonds. The third kappa shape index (κ3) is 4.14. The summed E-state index contributed by atoms with van der Waals surface area (Å²) in [5.41, 5.74) is 4.08. The molecule has 1 aliphatic carbocycles. The van der Waals surface area contributed by atoms with E-state index in [1.54, 1.807) is 0 Å². The number of carbonyl (C=O) groups excluding carboxylic acids is 2. The first-order valence-electron chi connectivity index (χ1n) is 10.1. The van der Waals surface area contributed by atoms with Gasteiger partial charge in [0.15, 0.2) is 5.78 Å². The zero-order valence-corrected chi connectivity index (χ0v) is 16.5. The second-order valence-electron chi connectivity index (χ2n) is 7.75. The fourth-order valence-corrected chi connectivity index (χ4v) is 4.29. The van der Waals surface area contributed by atoms with Crippen molar-refractivity contribution in [2.75, 3.05) is 0 Å². The van der Waals surface area contributed by atoms with Crippen LogP contribution in [0.2, 0.25) is 0 Å². The van der Waals surface area contributed by atoms with Crippen LogP contribution in [0.1, 0.15) is 52.4 Å². The van der Waals surface area contributed by atoms with E-state index in [2.05, 4.69) is 17.4 Å². The summed E-state index contributed by atoms with van der Waals surface area (Å²) >= 11 is 0. The summed E-state index contributed by atoms with van der Waals surface area (Å²) in [6.45, 7) is 2.00. The van der Waals surface area contributed by atoms with Crippen LogP contribution >= 0.6 is 0 Å². The molecule has 0 aromatic heterocycles. The van der Waals surface area contributed by atoms with Gasteiger partial charge < -0.3 is 5.32 Å². The van der Waals surface area contributed by atoms with E-state index in [1.165, 1.54) is 5.56 Å². The summed E-state index contributed by atoms with van der Waals surface area (Å²) in [7, 11) is 0. The second kappa shape index (κ2) is 8.44. The largest absolute Gasteiger partial charge is 0.349 e. The number of benzene rings is 3. The Bertz CT molecular complexity index is 997. The second-order valence-corrected chi connectivity index (χ2v) is 7.75. The molecule has 4 rings (SSSR count). The third-order valence-corrected chi connectivity index (χ3v) is 5.88. The van der Waals surface area contributed by atoms with Crippen LogP contribution < -0.4 is 5.32 Å². The molecule has 0 bridgehead atoms. The van der Waals surface area contributed by atoms with E-state index in [0.29, 0.717) is 18.4 Å². The molecule has 0 saturated carbocycles. The molecule has 0 saturated heterocycles. The Morgan fingerprint density at radius 3 is 2.24 bits per heavy atom. The average molecular weight is 383 g/mol. The number of amides is 1. The zero-order chi connectivity index (χ0) is 20.2. The van der Waals surface area contributed by atoms with Gasteiger partial charge in [-0.1, -0.05) is 84.9 Å². The molecule has 0 spiro atoms. The van der Waals surface area contributed by atoms with Crippen molar-refractivity contribution in [1.29, 1.82) is 0 Å². The van der Waals surface area contributed by atoms with E-state index in [9.17, 15) is 9.59 Å². The number of rotatable bonds is 6. The monoisotopic (exact) mass is 383 g/mol. The number of carbonyl (C=O) groups is 2. The van der Waals surface area contributed by atoms with Gasteiger partial charge in [-0.3, -0.25) is 9.59 Å². The highest BCUT2D eigenvalue weighted by atomic mass is 16.2. The van der Waals surface area contributed by atoms with Gasteiger partial charge in [0.05, 0.1) is 6.04 Å². The van der Waals surface area contributed by atoms with Gasteiger partial charge >= 0.3 is 0 Å². The molecule has 29 heavy (non-hydrogen) atoms. The van der Waals surface area contributed by atoms with Crippen molar-refractivity contribution >= 4 is 11.7 Å². The van der Waals surface area contributed by atoms with E-state index >= 15 is 0 Å². The minimum atomic E-state index is -0.230. The van der Waals surface area contributed by atoms with Gasteiger partial charge in [0.2, 0.25) is 5.91 Å². The Hall–Kier alpha value is -3.20. The lowest BCUT2D eigenvalue weighted by Crippen LogP contribution is -2.35. The molecule has 0 unspecified atom stereocenters. The van der Waals surface area contributed by atoms with Gasteiger partial charge in [-0.2, -0.15) is 0 Å². The van der Waals surface area contributed by atoms with Crippen LogP contribution in [0.25, 0.3) is 0 Å². The number of ketones is 1. The summed E-state index contributed by atoms with van der Waals surface area (Å²) in [6, 6.07) is 27.4. The number of hydrogen-bond acceptors (Lipinski definition) is 2. The molecule has 0 aliphatic heterocycles. The lowest BCUT2D eigenvalue weighted by atomic mass is 9.85. The topological polar surface area (TPSA) is 46.2 Å². The summed E-state index contributed by atoms with van der Waals surface area (Å²) in [6.07, 6.45) is 1.02. The summed E-state index contributed by atoms with van der Waals surface area (Å²) in [5.74, 6) is -0.224. The van der Waals surface area contributed by atoms with Gasteiger partial charge in [-0.25, -0.2) is 0 Å². The maximum Gasteiger partial charge on any atom is 0.224 e. The third-order valence-electron chi connectivity index (χ3n) is 5.88. The van der Waals surface area contributed by atoms with Crippen molar-refractivity contribution in [2.45, 2.75) is 31.7 Å². The Kier molecular flexibility index (Phi) is 5.57. The number of Topliss-reactive ketones (excluding diaryl/α,β-unsaturated/α-hetero) is 1. The quantitative estimate of drug-likeness (QED) is 0.603. The minimum absolute atomic E-state index is 0.0171. The molecule has 1 N–H and O–H groups in total. The first kappa shape index (κ1) is 19.1. The molecule has 0 fully saturated rings. The van der Waals surface area contributed by atoms with E-state index in [-0.39, 0.29) is 29.6 Å². The highest BCUT2D eigenvalue weighted by Crippen LogP contribution is 2.41. The van der Waals surface area contributed by atoms with Gasteiger partial charge in [0.25, 0.3) is 0 Å². The van der Waals surface area contributed by atoms with E-state index in [1.807, 2.05) is 79.7 Å². The highest BCUT2D eigenvalue weighted by Gasteiger charge is 2.38. The van der Waals surface area contributed by atoms with E-state index in [0.717, 1.165) is 11.1 Å². The predicted molar refractivity (Wildman–Crippen MR) is 115 cm³/mol. The lowest BCUT2D eigenvalue weighted by Gasteiger charge is -2.22. The number of fused-ring (bicyclic) bond motifs is 1. The van der Waals surface area contributed by atoms with Crippen molar-refractivity contribution in [3.8, 4) is 0 Å². The Balaban J connectivity index is 1.55. The Labute approximate surface area is 171 Å². The smallest absolute Gasteiger partial charge is 0.224 e. The lowest BCUT2D eigenvalue weighted by molar-refractivity contribution is -0.126. The van der Waals surface area contributed by atoms with Crippen LogP contribution in [-0.4, -0.2) is 11.7 Å². The summed E-state index contributed by atoms with van der Waals surface area (Å²) in [5, 5.41) is 3.17. The first-order valence-corrected chi connectivity index (χ1v) is 10.1. The van der Waals surface area contributed by atoms with Crippen molar-refractivity contribution in [1.82, 2.24) is 5.32 Å². The van der Waals surface area contributed by atoms with Gasteiger partial charge in [0, 0.05) is 23.8 Å². The standard InChI is InChI=1S/C26H25NO2/c1-18(19-10-4-2-5-11-19)27-26(29)24-16-21-14-8-9-15-22(21)23(24)17-25(28)20-12-6-3-7-13-20/h2-15,18,23-24H,16-17H2,1H3,(H,27,29)/t18-,23-,24+/m1/s1. The molecule has 3 atom stereocenters. The highest BCUT2D eigenvalue weighted by molar-refractivity contribution is 5.97. The predicted octanol–water partition coefficient (Wildman–Crippen LogP) is 5.09. The number of nitrogens with one attached hydrogen (secondary N) is 1. The molecule has 3 nitrogen and oxygen atoms in total. The van der Waals surface area contributed by atoms with Gasteiger partial charge in [0.1, 0.15) is 0 Å². The molecule has 3 aromatic carbocycles. The van der Waals surface area contributed by atoms with Crippen molar-refractivity contribution < 1.29 is 9.59 Å². The van der Waals surface area contributed by atoms with E-state index in [4.69, 9.17) is 0 Å². The Morgan fingerprint density at radius 2 is 1.52 bits per heavy atom. The normalized spacial score (nSPS) is 18.7. The van der Waals surface area contributed by atoms with Crippen molar-refractivity contribution in [3.63, 3.8) is 0 Å². The zero-order valence-electron chi connectivity index (χ0n) is 16.5. The molecule has 3 heteroatoms. The molecule has 1 aliphatic rings. The molecule has 3 aromatic rings. The van der Waals surface area contributed by atoms with Crippen LogP contribution in [0.15, 0.2) is 84.9 Å². The molecular weight excluding hydrogens is 358 g/mol. The minimum Gasteiger partial charge on any atom is -0.349 e. The fraction of sp³-hybridized carbons (Fsp3) is 0.231. The molecule has 146 valence electrons. The van der Waals surface area contributed by atoms with Crippen LogP contribution in [-0.2, 0) is 11.2 Å². The van der Waals surface area contributed by atoms with Crippen LogP contribution in [0.4, 0.5) is 0 Å². The molecule has 0 radical (unpaired) electrons. The van der Waals surface area contributed by atoms with Crippen molar-refractivity contribution in [2.24, 2.45) is 5.92 Å². The average Bonchev–Trinajstić information content (AvgIpc) is 3.13. The van der Waals surface area contributed by atoms with Crippen molar-refractivity contribution in [3.05, 3.63) is 107 Å². The maximum atomic E-state index is 13.2. The SMILES string of the molecule is C[C@@H](NC(=O)[C@H]1Cc2ccccc2[C@H]1CC(=O)c1ccccc1)c1ccccc1. The van der Waals surface area contributed by atoms with Gasteiger partial charge in [-0.05, 0) is 30.0 Å². The fourth-order valence-electron chi connectivity index (χ4n) is 4.29. The number of hydrogen-bond donors (Lipinski definition) is 1. The summed E-state index contributed by atoms with van der Waals surface area (Å²) in [4.78, 5) is 26.1. The van der Waals surface area contributed by atoms with Crippen LogP contribution in [0, 0.1) is 5.92 Å².